The van der Waals surface area contributed by atoms with Gasteiger partial charge in [-0.1, -0.05) is 49.6 Å². The van der Waals surface area contributed by atoms with E-state index in [0.717, 1.165) is 5.92 Å². The van der Waals surface area contributed by atoms with Crippen molar-refractivity contribution in [2.24, 2.45) is 7.05 Å². The summed E-state index contributed by atoms with van der Waals surface area (Å²) in [4.78, 5) is 0. The topological polar surface area (TPSA) is 4.93 Å². The third kappa shape index (κ3) is 2.23. The Morgan fingerprint density at radius 2 is 1.67 bits per heavy atom. The Labute approximate surface area is 163 Å². The van der Waals surface area contributed by atoms with E-state index < -0.39 is 0 Å². The first-order valence-electron chi connectivity index (χ1n) is 10.1. The van der Waals surface area contributed by atoms with Gasteiger partial charge in [-0.15, -0.1) is 11.3 Å². The third-order valence-corrected chi connectivity index (χ3v) is 7.74. The lowest BCUT2D eigenvalue weighted by molar-refractivity contribution is 0.444. The van der Waals surface area contributed by atoms with Gasteiger partial charge in [-0.05, 0) is 48.6 Å². The summed E-state index contributed by atoms with van der Waals surface area (Å²) >= 11 is 1.91. The minimum atomic E-state index is 0.754. The van der Waals surface area contributed by atoms with E-state index in [1.807, 2.05) is 11.3 Å². The molecule has 0 saturated heterocycles. The Morgan fingerprint density at radius 1 is 0.815 bits per heavy atom. The molecule has 0 bridgehead atoms. The van der Waals surface area contributed by atoms with Gasteiger partial charge in [0, 0.05) is 43.5 Å². The van der Waals surface area contributed by atoms with Crippen molar-refractivity contribution in [1.29, 1.82) is 0 Å². The maximum absolute atomic E-state index is 2.49. The molecule has 0 atom stereocenters. The van der Waals surface area contributed by atoms with Crippen LogP contribution >= 0.6 is 11.3 Å². The van der Waals surface area contributed by atoms with Gasteiger partial charge in [0.15, 0.2) is 0 Å². The molecule has 2 aromatic heterocycles. The molecule has 1 saturated carbocycles. The minimum Gasteiger partial charge on any atom is -0.343 e. The molecular formula is C25H23NS. The van der Waals surface area contributed by atoms with Crippen molar-refractivity contribution in [3.05, 3.63) is 60.2 Å². The Balaban J connectivity index is 1.69. The lowest BCUT2D eigenvalue weighted by Crippen LogP contribution is -2.04. The number of nitrogens with zero attached hydrogens (tertiary/aromatic N) is 1. The van der Waals surface area contributed by atoms with E-state index >= 15 is 0 Å². The fourth-order valence-corrected chi connectivity index (χ4v) is 6.34. The normalized spacial score (nSPS) is 16.2. The average molecular weight is 370 g/mol. The van der Waals surface area contributed by atoms with Gasteiger partial charge >= 0.3 is 0 Å². The predicted molar refractivity (Wildman–Crippen MR) is 119 cm³/mol. The number of fused-ring (bicyclic) bond motifs is 7. The standard InChI is InChI=1S/C25H23NS/c1-26-21-13-11-17(16-7-3-2-4-8-16)15-20(21)18-12-14-23-24(25(18)26)19-9-5-6-10-22(19)27-23/h5-6,9-16H,2-4,7-8H2,1H3. The quantitative estimate of drug-likeness (QED) is 0.285. The number of hydrogen-bond donors (Lipinski definition) is 0. The Bertz CT molecular complexity index is 1310. The average Bonchev–Trinajstić information content (AvgIpc) is 3.24. The van der Waals surface area contributed by atoms with Crippen molar-refractivity contribution in [3.8, 4) is 0 Å². The molecule has 6 rings (SSSR count). The van der Waals surface area contributed by atoms with Crippen LogP contribution in [0.3, 0.4) is 0 Å². The number of hydrogen-bond acceptors (Lipinski definition) is 1. The van der Waals surface area contributed by atoms with Crippen LogP contribution in [-0.4, -0.2) is 4.57 Å². The fraction of sp³-hybridized carbons (Fsp3) is 0.280. The van der Waals surface area contributed by atoms with Gasteiger partial charge in [-0.3, -0.25) is 0 Å². The summed E-state index contributed by atoms with van der Waals surface area (Å²) in [7, 11) is 2.23. The predicted octanol–water partition coefficient (Wildman–Crippen LogP) is 7.75. The second kappa shape index (κ2) is 5.84. The molecule has 2 heteroatoms. The van der Waals surface area contributed by atoms with E-state index in [-0.39, 0.29) is 0 Å². The molecule has 0 N–H and O–H groups in total. The van der Waals surface area contributed by atoms with Crippen LogP contribution in [0.25, 0.3) is 42.0 Å². The summed E-state index contributed by atoms with van der Waals surface area (Å²) in [6, 6.07) is 20.8. The number of aryl methyl sites for hydroxylation is 1. The highest BCUT2D eigenvalue weighted by atomic mass is 32.1. The first-order valence-corrected chi connectivity index (χ1v) is 11.0. The lowest BCUT2D eigenvalue weighted by atomic mass is 9.84. The molecule has 0 amide bonds. The summed E-state index contributed by atoms with van der Waals surface area (Å²) in [6.45, 7) is 0. The van der Waals surface area contributed by atoms with Crippen molar-refractivity contribution in [2.45, 2.75) is 38.0 Å². The summed E-state index contributed by atoms with van der Waals surface area (Å²) in [6.07, 6.45) is 6.90. The molecule has 3 aromatic carbocycles. The van der Waals surface area contributed by atoms with Crippen molar-refractivity contribution >= 4 is 53.3 Å². The summed E-state index contributed by atoms with van der Waals surface area (Å²) < 4.78 is 5.19. The molecule has 1 nitrogen and oxygen atoms in total. The zero-order valence-electron chi connectivity index (χ0n) is 15.7. The van der Waals surface area contributed by atoms with E-state index in [2.05, 4.69) is 66.2 Å². The van der Waals surface area contributed by atoms with E-state index in [1.54, 1.807) is 5.56 Å². The monoisotopic (exact) mass is 369 g/mol. The largest absolute Gasteiger partial charge is 0.343 e. The molecule has 1 aliphatic rings. The summed E-state index contributed by atoms with van der Waals surface area (Å²) in [5, 5.41) is 5.64. The van der Waals surface area contributed by atoms with Crippen LogP contribution in [0, 0.1) is 0 Å². The first-order chi connectivity index (χ1) is 13.3. The number of rotatable bonds is 1. The van der Waals surface area contributed by atoms with Gasteiger partial charge < -0.3 is 4.57 Å². The van der Waals surface area contributed by atoms with Crippen LogP contribution in [0.15, 0.2) is 54.6 Å². The second-order valence-electron chi connectivity index (χ2n) is 8.10. The maximum Gasteiger partial charge on any atom is 0.0583 e. The van der Waals surface area contributed by atoms with Crippen molar-refractivity contribution in [3.63, 3.8) is 0 Å². The lowest BCUT2D eigenvalue weighted by Gasteiger charge is -2.22. The Hall–Kier alpha value is -2.32. The molecule has 0 spiro atoms. The highest BCUT2D eigenvalue weighted by molar-refractivity contribution is 7.26. The van der Waals surface area contributed by atoms with Gasteiger partial charge in [0.05, 0.1) is 5.52 Å². The molecule has 5 aromatic rings. The zero-order chi connectivity index (χ0) is 18.0. The summed E-state index contributed by atoms with van der Waals surface area (Å²) in [5.74, 6) is 0.754. The molecule has 134 valence electrons. The van der Waals surface area contributed by atoms with Gasteiger partial charge in [0.25, 0.3) is 0 Å². The van der Waals surface area contributed by atoms with Crippen LogP contribution in [-0.2, 0) is 7.05 Å². The Morgan fingerprint density at radius 3 is 2.56 bits per heavy atom. The summed E-state index contributed by atoms with van der Waals surface area (Å²) in [5.41, 5.74) is 4.29. The van der Waals surface area contributed by atoms with Gasteiger partial charge in [-0.25, -0.2) is 0 Å². The van der Waals surface area contributed by atoms with Gasteiger partial charge in [0.2, 0.25) is 0 Å². The Kier molecular flexibility index (Phi) is 3.40. The molecule has 0 unspecified atom stereocenters. The fourth-order valence-electron chi connectivity index (χ4n) is 5.24. The molecule has 0 radical (unpaired) electrons. The minimum absolute atomic E-state index is 0.754. The third-order valence-electron chi connectivity index (χ3n) is 6.60. The highest BCUT2D eigenvalue weighted by Gasteiger charge is 2.19. The van der Waals surface area contributed by atoms with Crippen LogP contribution < -0.4 is 0 Å². The van der Waals surface area contributed by atoms with Crippen molar-refractivity contribution in [2.75, 3.05) is 0 Å². The molecule has 2 heterocycles. The molecule has 1 fully saturated rings. The molecule has 1 aliphatic carbocycles. The van der Waals surface area contributed by atoms with Crippen LogP contribution in [0.1, 0.15) is 43.6 Å². The van der Waals surface area contributed by atoms with E-state index in [9.17, 15) is 0 Å². The van der Waals surface area contributed by atoms with Gasteiger partial charge in [0.1, 0.15) is 0 Å². The zero-order valence-corrected chi connectivity index (χ0v) is 16.5. The van der Waals surface area contributed by atoms with Crippen LogP contribution in [0.2, 0.25) is 0 Å². The maximum atomic E-state index is 2.49. The van der Waals surface area contributed by atoms with E-state index in [4.69, 9.17) is 0 Å². The van der Waals surface area contributed by atoms with E-state index in [0.29, 0.717) is 0 Å². The highest BCUT2D eigenvalue weighted by Crippen LogP contribution is 2.42. The molecule has 27 heavy (non-hydrogen) atoms. The SMILES string of the molecule is Cn1c2ccc(C3CCCCC3)cc2c2ccc3sc4ccccc4c3c21. The molecule has 0 aliphatic heterocycles. The number of thiophene rings is 1. The number of aromatic nitrogens is 1. The van der Waals surface area contributed by atoms with Crippen molar-refractivity contribution in [1.82, 2.24) is 4.57 Å². The van der Waals surface area contributed by atoms with Crippen LogP contribution in [0.4, 0.5) is 0 Å². The van der Waals surface area contributed by atoms with Gasteiger partial charge in [-0.2, -0.15) is 0 Å². The second-order valence-corrected chi connectivity index (χ2v) is 9.19. The van der Waals surface area contributed by atoms with Crippen LogP contribution in [0.5, 0.6) is 0 Å². The first kappa shape index (κ1) is 15.7. The smallest absolute Gasteiger partial charge is 0.0583 e. The van der Waals surface area contributed by atoms with E-state index in [1.165, 1.54) is 74.1 Å². The number of benzene rings is 3. The molecular weight excluding hydrogens is 346 g/mol. The van der Waals surface area contributed by atoms with Crippen molar-refractivity contribution < 1.29 is 0 Å².